The molecule has 22 heavy (non-hydrogen) atoms. The Balaban J connectivity index is 1.73. The molecule has 114 valence electrons. The number of furan rings is 1. The molecule has 1 N–H and O–H groups in total. The van der Waals surface area contributed by atoms with E-state index >= 15 is 0 Å². The van der Waals surface area contributed by atoms with Crippen molar-refractivity contribution in [1.82, 2.24) is 5.43 Å². The van der Waals surface area contributed by atoms with Crippen molar-refractivity contribution in [3.63, 3.8) is 0 Å². The summed E-state index contributed by atoms with van der Waals surface area (Å²) >= 11 is 3.38. The molecular weight excluding hydrogens is 348 g/mol. The predicted molar refractivity (Wildman–Crippen MR) is 88.8 cm³/mol. The number of nitrogens with zero attached hydrogens (tertiary/aromatic N) is 1. The predicted octanol–water partition coefficient (Wildman–Crippen LogP) is 3.54. The first-order chi connectivity index (χ1) is 10.6. The maximum Gasteiger partial charge on any atom is 0.277 e. The molecule has 0 atom stereocenters. The van der Waals surface area contributed by atoms with Crippen molar-refractivity contribution in [2.45, 2.75) is 6.92 Å². The molecular formula is C16H15BrN2O3. The van der Waals surface area contributed by atoms with Crippen LogP contribution in [0.2, 0.25) is 0 Å². The first-order valence-corrected chi connectivity index (χ1v) is 7.35. The van der Waals surface area contributed by atoms with Gasteiger partial charge in [-0.2, -0.15) is 5.10 Å². The van der Waals surface area contributed by atoms with Gasteiger partial charge in [0.05, 0.1) is 10.7 Å². The quantitative estimate of drug-likeness (QED) is 0.631. The van der Waals surface area contributed by atoms with Gasteiger partial charge in [-0.15, -0.1) is 0 Å². The van der Waals surface area contributed by atoms with Crippen molar-refractivity contribution < 1.29 is 13.9 Å². The van der Waals surface area contributed by atoms with E-state index in [1.54, 1.807) is 24.5 Å². The van der Waals surface area contributed by atoms with Gasteiger partial charge < -0.3 is 9.15 Å². The van der Waals surface area contributed by atoms with E-state index in [-0.39, 0.29) is 12.5 Å². The van der Waals surface area contributed by atoms with Crippen LogP contribution in [-0.2, 0) is 4.79 Å². The van der Waals surface area contributed by atoms with Gasteiger partial charge in [0.1, 0.15) is 11.5 Å². The fourth-order valence-electron chi connectivity index (χ4n) is 1.57. The summed E-state index contributed by atoms with van der Waals surface area (Å²) in [5.74, 6) is 0.989. The van der Waals surface area contributed by atoms with Crippen LogP contribution in [-0.4, -0.2) is 18.7 Å². The van der Waals surface area contributed by atoms with Crippen molar-refractivity contribution >= 4 is 34.1 Å². The van der Waals surface area contributed by atoms with Crippen LogP contribution in [0.3, 0.4) is 0 Å². The number of benzene rings is 1. The van der Waals surface area contributed by atoms with E-state index in [9.17, 15) is 4.79 Å². The van der Waals surface area contributed by atoms with Crippen LogP contribution in [0.4, 0.5) is 0 Å². The lowest BCUT2D eigenvalue weighted by Crippen LogP contribution is -2.24. The largest absolute Gasteiger partial charge is 0.483 e. The van der Waals surface area contributed by atoms with Crippen molar-refractivity contribution in [2.24, 2.45) is 5.10 Å². The maximum atomic E-state index is 11.6. The summed E-state index contributed by atoms with van der Waals surface area (Å²) in [6, 6.07) is 9.25. The zero-order valence-electron chi connectivity index (χ0n) is 12.0. The zero-order valence-corrected chi connectivity index (χ0v) is 13.5. The average molecular weight is 363 g/mol. The number of rotatable bonds is 6. The molecule has 2 aromatic rings. The molecule has 0 saturated carbocycles. The fraction of sp³-hybridized carbons (Fsp3) is 0.125. The number of halogens is 1. The summed E-state index contributed by atoms with van der Waals surface area (Å²) in [5.41, 5.74) is 3.48. The monoisotopic (exact) mass is 362 g/mol. The first-order valence-electron chi connectivity index (χ1n) is 6.56. The fourth-order valence-corrected chi connectivity index (χ4v) is 2.18. The second kappa shape index (κ2) is 8.19. The molecule has 0 aliphatic heterocycles. The van der Waals surface area contributed by atoms with E-state index in [2.05, 4.69) is 26.5 Å². The Morgan fingerprint density at radius 2 is 2.32 bits per heavy atom. The minimum atomic E-state index is -0.338. The van der Waals surface area contributed by atoms with Crippen molar-refractivity contribution in [3.8, 4) is 5.75 Å². The maximum absolute atomic E-state index is 11.6. The summed E-state index contributed by atoms with van der Waals surface area (Å²) in [6.45, 7) is 1.87. The van der Waals surface area contributed by atoms with Crippen LogP contribution in [0.5, 0.6) is 5.75 Å². The number of allylic oxidation sites excluding steroid dienone is 1. The van der Waals surface area contributed by atoms with Gasteiger partial charge in [-0.05, 0) is 64.8 Å². The molecule has 0 radical (unpaired) electrons. The number of hydrazone groups is 1. The highest BCUT2D eigenvalue weighted by Gasteiger charge is 2.04. The second-order valence-electron chi connectivity index (χ2n) is 4.41. The lowest BCUT2D eigenvalue weighted by molar-refractivity contribution is -0.123. The molecule has 0 aliphatic rings. The zero-order chi connectivity index (χ0) is 15.8. The second-order valence-corrected chi connectivity index (χ2v) is 5.26. The molecule has 6 heteroatoms. The molecule has 0 aliphatic carbocycles. The highest BCUT2D eigenvalue weighted by atomic mass is 79.9. The van der Waals surface area contributed by atoms with E-state index in [1.807, 2.05) is 31.2 Å². The smallest absolute Gasteiger partial charge is 0.277 e. The minimum absolute atomic E-state index is 0.110. The van der Waals surface area contributed by atoms with Crippen LogP contribution in [0.1, 0.15) is 11.3 Å². The number of ether oxygens (including phenoxy) is 1. The summed E-state index contributed by atoms with van der Waals surface area (Å²) in [5, 5.41) is 3.77. The topological polar surface area (TPSA) is 63.8 Å². The molecule has 0 fully saturated rings. The third-order valence-electron chi connectivity index (χ3n) is 2.60. The van der Waals surface area contributed by atoms with E-state index in [1.165, 1.54) is 6.21 Å². The molecule has 0 saturated heterocycles. The summed E-state index contributed by atoms with van der Waals surface area (Å²) in [7, 11) is 0. The van der Waals surface area contributed by atoms with E-state index in [0.717, 1.165) is 10.0 Å². The van der Waals surface area contributed by atoms with Gasteiger partial charge in [0.2, 0.25) is 0 Å². The van der Waals surface area contributed by atoms with Gasteiger partial charge in [-0.25, -0.2) is 5.43 Å². The summed E-state index contributed by atoms with van der Waals surface area (Å²) in [6.07, 6.45) is 6.44. The van der Waals surface area contributed by atoms with Gasteiger partial charge in [0.25, 0.3) is 5.91 Å². The number of hydrogen-bond donors (Lipinski definition) is 1. The molecule has 1 aromatic carbocycles. The van der Waals surface area contributed by atoms with Gasteiger partial charge in [-0.3, -0.25) is 4.79 Å². The van der Waals surface area contributed by atoms with Crippen LogP contribution < -0.4 is 10.2 Å². The molecule has 0 bridgehead atoms. The normalized spacial score (nSPS) is 11.2. The van der Waals surface area contributed by atoms with Crippen molar-refractivity contribution in [1.29, 1.82) is 0 Å². The van der Waals surface area contributed by atoms with Gasteiger partial charge in [0, 0.05) is 6.21 Å². The molecule has 1 aromatic heterocycles. The number of hydrogen-bond acceptors (Lipinski definition) is 4. The van der Waals surface area contributed by atoms with E-state index in [0.29, 0.717) is 11.5 Å². The lowest BCUT2D eigenvalue weighted by Gasteiger charge is -2.07. The average Bonchev–Trinajstić information content (AvgIpc) is 2.99. The molecule has 0 unspecified atom stereocenters. The van der Waals surface area contributed by atoms with Crippen molar-refractivity contribution in [2.75, 3.05) is 6.61 Å². The number of nitrogens with one attached hydrogen (secondary N) is 1. The van der Waals surface area contributed by atoms with Gasteiger partial charge in [0.15, 0.2) is 6.61 Å². The standard InChI is InChI=1S/C16H15BrN2O3/c1-12-6-7-15(14(17)10-12)22-11-16(20)19-18-8-2-4-13-5-3-9-21-13/h2-10H,11H2,1H3,(H,19,20)/b4-2+,18-8-. The van der Waals surface area contributed by atoms with E-state index < -0.39 is 0 Å². The summed E-state index contributed by atoms with van der Waals surface area (Å²) in [4.78, 5) is 11.6. The Morgan fingerprint density at radius 1 is 1.45 bits per heavy atom. The molecule has 2 rings (SSSR count). The minimum Gasteiger partial charge on any atom is -0.483 e. The number of amides is 1. The van der Waals surface area contributed by atoms with Crippen LogP contribution in [0.15, 0.2) is 56.7 Å². The Kier molecular flexibility index (Phi) is 5.97. The van der Waals surface area contributed by atoms with Crippen molar-refractivity contribution in [3.05, 3.63) is 58.5 Å². The Morgan fingerprint density at radius 3 is 3.05 bits per heavy atom. The molecule has 0 spiro atoms. The highest BCUT2D eigenvalue weighted by Crippen LogP contribution is 2.25. The SMILES string of the molecule is Cc1ccc(OCC(=O)N/N=C\C=C\c2ccco2)c(Br)c1. The van der Waals surface area contributed by atoms with Crippen LogP contribution in [0.25, 0.3) is 6.08 Å². The molecule has 5 nitrogen and oxygen atoms in total. The van der Waals surface area contributed by atoms with Crippen LogP contribution >= 0.6 is 15.9 Å². The Hall–Kier alpha value is -2.34. The number of carbonyl (C=O) groups is 1. The highest BCUT2D eigenvalue weighted by molar-refractivity contribution is 9.10. The lowest BCUT2D eigenvalue weighted by atomic mass is 10.2. The first kappa shape index (κ1) is 16.0. The molecule has 1 heterocycles. The van der Waals surface area contributed by atoms with Crippen LogP contribution in [0, 0.1) is 6.92 Å². The number of aryl methyl sites for hydroxylation is 1. The Bertz CT molecular complexity index is 679. The summed E-state index contributed by atoms with van der Waals surface area (Å²) < 4.78 is 11.3. The van der Waals surface area contributed by atoms with Gasteiger partial charge >= 0.3 is 0 Å². The number of carbonyl (C=O) groups excluding carboxylic acids is 1. The van der Waals surface area contributed by atoms with E-state index in [4.69, 9.17) is 9.15 Å². The third kappa shape index (κ3) is 5.21. The van der Waals surface area contributed by atoms with Gasteiger partial charge in [-0.1, -0.05) is 6.07 Å². The molecule has 1 amide bonds. The Labute approximate surface area is 136 Å². The third-order valence-corrected chi connectivity index (χ3v) is 3.22.